The molecule has 1 heterocycles. The van der Waals surface area contributed by atoms with Gasteiger partial charge in [0.25, 0.3) is 0 Å². The Morgan fingerprint density at radius 3 is 2.54 bits per heavy atom. The number of sulfone groups is 1. The average molecular weight is 396 g/mol. The van der Waals surface area contributed by atoms with Gasteiger partial charge in [0.2, 0.25) is 9.84 Å². The number of ether oxygens (including phenoxy) is 1. The van der Waals surface area contributed by atoms with Gasteiger partial charge in [0, 0.05) is 12.1 Å². The second kappa shape index (κ2) is 7.64. The maximum absolute atomic E-state index is 13.5. The van der Waals surface area contributed by atoms with Gasteiger partial charge in [0.05, 0.1) is 17.6 Å². The summed E-state index contributed by atoms with van der Waals surface area (Å²) in [5, 5.41) is 0. The maximum Gasteiger partial charge on any atom is 0.208 e. The van der Waals surface area contributed by atoms with E-state index in [1.54, 1.807) is 42.6 Å². The molecule has 1 aliphatic carbocycles. The number of allylic oxidation sites excluding steroid dienone is 1. The third-order valence-electron chi connectivity index (χ3n) is 5.89. The van der Waals surface area contributed by atoms with E-state index in [4.69, 9.17) is 4.74 Å². The van der Waals surface area contributed by atoms with E-state index in [-0.39, 0.29) is 12.0 Å². The van der Waals surface area contributed by atoms with Gasteiger partial charge < -0.3 is 4.74 Å². The van der Waals surface area contributed by atoms with E-state index >= 15 is 0 Å². The van der Waals surface area contributed by atoms with Gasteiger partial charge in [-0.05, 0) is 61.6 Å². The summed E-state index contributed by atoms with van der Waals surface area (Å²) in [7, 11) is -3.62. The number of benzene rings is 2. The van der Waals surface area contributed by atoms with E-state index in [0.29, 0.717) is 17.9 Å². The van der Waals surface area contributed by atoms with Crippen LogP contribution in [-0.2, 0) is 21.2 Å². The summed E-state index contributed by atoms with van der Waals surface area (Å²) < 4.78 is 33.1. The summed E-state index contributed by atoms with van der Waals surface area (Å²) in [5.74, 6) is -0.0884. The summed E-state index contributed by atoms with van der Waals surface area (Å²) in [6.07, 6.45) is 7.50. The van der Waals surface area contributed by atoms with Crippen LogP contribution in [0.3, 0.4) is 0 Å². The lowest BCUT2D eigenvalue weighted by Crippen LogP contribution is -2.40. The zero-order chi connectivity index (χ0) is 19.6. The fourth-order valence-electron chi connectivity index (χ4n) is 4.24. The van der Waals surface area contributed by atoms with Gasteiger partial charge in [-0.2, -0.15) is 0 Å². The van der Waals surface area contributed by atoms with E-state index in [1.165, 1.54) is 11.1 Å². The highest BCUT2D eigenvalue weighted by atomic mass is 32.2. The van der Waals surface area contributed by atoms with Crippen molar-refractivity contribution in [1.29, 1.82) is 0 Å². The molecule has 1 fully saturated rings. The predicted molar refractivity (Wildman–Crippen MR) is 111 cm³/mol. The Morgan fingerprint density at radius 2 is 1.82 bits per heavy atom. The van der Waals surface area contributed by atoms with Crippen LogP contribution < -0.4 is 0 Å². The van der Waals surface area contributed by atoms with Crippen LogP contribution in [-0.4, -0.2) is 25.6 Å². The molecule has 0 aromatic heterocycles. The van der Waals surface area contributed by atoms with Crippen molar-refractivity contribution >= 4 is 16.1 Å². The number of rotatable bonds is 6. The Kier molecular flexibility index (Phi) is 5.21. The van der Waals surface area contributed by atoms with Crippen molar-refractivity contribution in [2.24, 2.45) is 10.9 Å². The van der Waals surface area contributed by atoms with Crippen molar-refractivity contribution in [3.05, 3.63) is 77.9 Å². The van der Waals surface area contributed by atoms with Crippen molar-refractivity contribution in [1.82, 2.24) is 0 Å². The van der Waals surface area contributed by atoms with Crippen LogP contribution in [0, 0.1) is 12.8 Å². The van der Waals surface area contributed by atoms with Gasteiger partial charge in [0.15, 0.2) is 4.87 Å². The lowest BCUT2D eigenvalue weighted by molar-refractivity contribution is 0.0419. The molecule has 2 aromatic rings. The second-order valence-corrected chi connectivity index (χ2v) is 9.71. The van der Waals surface area contributed by atoms with Gasteiger partial charge in [-0.15, -0.1) is 0 Å². The van der Waals surface area contributed by atoms with Gasteiger partial charge in [-0.25, -0.2) is 8.42 Å². The first-order valence-corrected chi connectivity index (χ1v) is 11.2. The summed E-state index contributed by atoms with van der Waals surface area (Å²) in [6.45, 7) is 2.64. The minimum atomic E-state index is -3.62. The lowest BCUT2D eigenvalue weighted by atomic mass is 9.98. The van der Waals surface area contributed by atoms with E-state index < -0.39 is 14.7 Å². The average Bonchev–Trinajstić information content (AvgIpc) is 3.38. The number of aliphatic imine (C=N–C) groups is 1. The van der Waals surface area contributed by atoms with Crippen LogP contribution in [0.5, 0.6) is 0 Å². The molecule has 146 valence electrons. The first kappa shape index (κ1) is 19.1. The van der Waals surface area contributed by atoms with E-state index in [2.05, 4.69) is 24.0 Å². The molecule has 0 bridgehead atoms. The van der Waals surface area contributed by atoms with Crippen LogP contribution in [0.4, 0.5) is 0 Å². The molecular formula is C23H25NO3S. The summed E-state index contributed by atoms with van der Waals surface area (Å²) >= 11 is 0. The topological polar surface area (TPSA) is 55.7 Å². The molecule has 0 spiro atoms. The maximum atomic E-state index is 13.5. The Morgan fingerprint density at radius 1 is 1.07 bits per heavy atom. The molecule has 1 saturated carbocycles. The Hall–Kier alpha value is -2.24. The zero-order valence-electron chi connectivity index (χ0n) is 16.0. The monoisotopic (exact) mass is 395 g/mol. The summed E-state index contributed by atoms with van der Waals surface area (Å²) in [5.41, 5.74) is 2.39. The highest BCUT2D eigenvalue weighted by Crippen LogP contribution is 2.45. The van der Waals surface area contributed by atoms with Crippen LogP contribution in [0.1, 0.15) is 30.4 Å². The minimum Gasteiger partial charge on any atom is -0.374 e. The van der Waals surface area contributed by atoms with Gasteiger partial charge in [-0.3, -0.25) is 4.99 Å². The molecule has 3 unspecified atom stereocenters. The third kappa shape index (κ3) is 3.33. The van der Waals surface area contributed by atoms with Crippen LogP contribution in [0.25, 0.3) is 0 Å². The molecule has 4 nitrogen and oxygen atoms in total. The fourth-order valence-corrected chi connectivity index (χ4v) is 6.24. The molecule has 0 amide bonds. The van der Waals surface area contributed by atoms with Crippen molar-refractivity contribution in [2.45, 2.75) is 48.7 Å². The standard InChI is InChI=1S/C23H25NO3S/c1-18-8-5-6-9-19(18)17-27-21-13-12-20(16-21)23(14-7-15-24-23)28(25,26)22-10-3-2-4-11-22/h2-11,14-15,20-21H,12-13,16-17H2,1H3. The Bertz CT molecular complexity index is 984. The highest BCUT2D eigenvalue weighted by molar-refractivity contribution is 7.93. The Labute approximate surface area is 166 Å². The van der Waals surface area contributed by atoms with Crippen molar-refractivity contribution in [3.63, 3.8) is 0 Å². The molecule has 1 aliphatic heterocycles. The highest BCUT2D eigenvalue weighted by Gasteiger charge is 2.52. The largest absolute Gasteiger partial charge is 0.374 e. The van der Waals surface area contributed by atoms with Crippen LogP contribution in [0.15, 0.2) is 76.6 Å². The fraction of sp³-hybridized carbons (Fsp3) is 0.348. The first-order chi connectivity index (χ1) is 13.5. The van der Waals surface area contributed by atoms with Crippen molar-refractivity contribution in [3.8, 4) is 0 Å². The molecule has 5 heteroatoms. The minimum absolute atomic E-state index is 0.0525. The molecule has 0 radical (unpaired) electrons. The van der Waals surface area contributed by atoms with Crippen LogP contribution >= 0.6 is 0 Å². The van der Waals surface area contributed by atoms with E-state index in [0.717, 1.165) is 12.8 Å². The molecule has 4 rings (SSSR count). The van der Waals surface area contributed by atoms with Gasteiger partial charge in [-0.1, -0.05) is 42.5 Å². The summed E-state index contributed by atoms with van der Waals surface area (Å²) in [6, 6.07) is 16.8. The van der Waals surface area contributed by atoms with Crippen molar-refractivity contribution in [2.75, 3.05) is 0 Å². The third-order valence-corrected chi connectivity index (χ3v) is 8.22. The molecule has 28 heavy (non-hydrogen) atoms. The van der Waals surface area contributed by atoms with Gasteiger partial charge >= 0.3 is 0 Å². The number of hydrogen-bond acceptors (Lipinski definition) is 4. The Balaban J connectivity index is 1.52. The molecule has 2 aromatic carbocycles. The molecule has 2 aliphatic rings. The van der Waals surface area contributed by atoms with E-state index in [1.807, 2.05) is 18.2 Å². The number of nitrogens with zero attached hydrogens (tertiary/aromatic N) is 1. The van der Waals surface area contributed by atoms with E-state index in [9.17, 15) is 8.42 Å². The molecule has 0 saturated heterocycles. The molecule has 3 atom stereocenters. The van der Waals surface area contributed by atoms with Crippen LogP contribution in [0.2, 0.25) is 0 Å². The molecule has 0 N–H and O–H groups in total. The van der Waals surface area contributed by atoms with Crippen molar-refractivity contribution < 1.29 is 13.2 Å². The smallest absolute Gasteiger partial charge is 0.208 e. The SMILES string of the molecule is Cc1ccccc1COC1CCC(C2(S(=O)(=O)c3ccccc3)C=CC=N2)C1. The first-order valence-electron chi connectivity index (χ1n) is 9.72. The second-order valence-electron chi connectivity index (χ2n) is 7.58. The quantitative estimate of drug-likeness (QED) is 0.724. The lowest BCUT2D eigenvalue weighted by Gasteiger charge is -2.30. The predicted octanol–water partition coefficient (Wildman–Crippen LogP) is 4.49. The summed E-state index contributed by atoms with van der Waals surface area (Å²) in [4.78, 5) is 3.59. The number of aryl methyl sites for hydroxylation is 1. The zero-order valence-corrected chi connectivity index (χ0v) is 16.8. The van der Waals surface area contributed by atoms with Gasteiger partial charge in [0.1, 0.15) is 0 Å². The normalized spacial score (nSPS) is 26.8. The molecular weight excluding hydrogens is 370 g/mol. The number of hydrogen-bond donors (Lipinski definition) is 0.